The summed E-state index contributed by atoms with van der Waals surface area (Å²) in [5.74, 6) is 1.02. The molecule has 1 aromatic heterocycles. The summed E-state index contributed by atoms with van der Waals surface area (Å²) < 4.78 is 7.55. The topological polar surface area (TPSA) is 39.1 Å². The van der Waals surface area contributed by atoms with Crippen LogP contribution in [0.4, 0.5) is 0 Å². The molecule has 0 spiro atoms. The first-order valence-electron chi connectivity index (χ1n) is 5.79. The minimum absolute atomic E-state index is 0.125. The second kappa shape index (κ2) is 4.70. The zero-order chi connectivity index (χ0) is 11.5. The lowest BCUT2D eigenvalue weighted by atomic mass is 10.1. The largest absolute Gasteiger partial charge is 0.496 e. The van der Waals surface area contributed by atoms with Crippen LogP contribution in [0.15, 0.2) is 17.9 Å². The third kappa shape index (κ3) is 1.97. The van der Waals surface area contributed by atoms with Gasteiger partial charge < -0.3 is 10.1 Å². The normalized spacial score (nSPS) is 17.1. The molecule has 1 N–H and O–H groups in total. The summed E-state index contributed by atoms with van der Waals surface area (Å²) >= 11 is 0. The standard InChI is InChI=1S/C12H19N3O/c1-4-9-8-10(15(3)14-9)12(13-2)11-6-5-7-16-11/h6,8,12-13H,4-5,7H2,1-3H3. The van der Waals surface area contributed by atoms with Gasteiger partial charge in [-0.25, -0.2) is 0 Å². The first-order valence-corrected chi connectivity index (χ1v) is 5.79. The van der Waals surface area contributed by atoms with E-state index in [1.165, 1.54) is 0 Å². The summed E-state index contributed by atoms with van der Waals surface area (Å²) in [6, 6.07) is 2.27. The van der Waals surface area contributed by atoms with E-state index in [1.54, 1.807) is 0 Å². The number of rotatable bonds is 4. The van der Waals surface area contributed by atoms with Crippen LogP contribution in [0.1, 0.15) is 30.8 Å². The average Bonchev–Trinajstić information content (AvgIpc) is 2.91. The Hall–Kier alpha value is -1.29. The number of hydrogen-bond acceptors (Lipinski definition) is 3. The molecule has 0 fully saturated rings. The molecule has 88 valence electrons. The van der Waals surface area contributed by atoms with Crippen molar-refractivity contribution in [3.63, 3.8) is 0 Å². The molecule has 1 aromatic rings. The van der Waals surface area contributed by atoms with Crippen LogP contribution in [0.2, 0.25) is 0 Å². The number of aromatic nitrogens is 2. The van der Waals surface area contributed by atoms with E-state index < -0.39 is 0 Å². The number of likely N-dealkylation sites (N-methyl/N-ethyl adjacent to an activating group) is 1. The molecule has 0 saturated heterocycles. The number of nitrogens with one attached hydrogen (secondary N) is 1. The first kappa shape index (κ1) is 11.2. The lowest BCUT2D eigenvalue weighted by Gasteiger charge is -2.17. The van der Waals surface area contributed by atoms with Gasteiger partial charge in [0.05, 0.1) is 18.0 Å². The molecule has 1 aliphatic heterocycles. The minimum atomic E-state index is 0.125. The Bertz CT molecular complexity index is 395. The van der Waals surface area contributed by atoms with E-state index in [4.69, 9.17) is 4.74 Å². The van der Waals surface area contributed by atoms with Gasteiger partial charge in [-0.15, -0.1) is 0 Å². The Morgan fingerprint density at radius 1 is 1.62 bits per heavy atom. The summed E-state index contributed by atoms with van der Waals surface area (Å²) in [7, 11) is 3.93. The van der Waals surface area contributed by atoms with Crippen molar-refractivity contribution in [3.8, 4) is 0 Å². The fourth-order valence-electron chi connectivity index (χ4n) is 2.06. The van der Waals surface area contributed by atoms with Crippen LogP contribution in [-0.4, -0.2) is 23.4 Å². The smallest absolute Gasteiger partial charge is 0.115 e. The lowest BCUT2D eigenvalue weighted by molar-refractivity contribution is 0.215. The van der Waals surface area contributed by atoms with Gasteiger partial charge in [-0.1, -0.05) is 6.92 Å². The van der Waals surface area contributed by atoms with Gasteiger partial charge in [-0.05, 0) is 25.6 Å². The van der Waals surface area contributed by atoms with E-state index in [0.29, 0.717) is 0 Å². The minimum Gasteiger partial charge on any atom is -0.496 e. The number of aryl methyl sites for hydroxylation is 2. The van der Waals surface area contributed by atoms with Gasteiger partial charge in [-0.3, -0.25) is 4.68 Å². The van der Waals surface area contributed by atoms with Gasteiger partial charge in [0.15, 0.2) is 0 Å². The SMILES string of the molecule is CCc1cc(C(NC)C2=CCCO2)n(C)n1. The first-order chi connectivity index (χ1) is 7.76. The number of ether oxygens (including phenoxy) is 1. The predicted octanol–water partition coefficient (Wildman–Crippen LogP) is 1.55. The molecular weight excluding hydrogens is 202 g/mol. The average molecular weight is 221 g/mol. The van der Waals surface area contributed by atoms with Crippen molar-refractivity contribution in [2.45, 2.75) is 25.8 Å². The summed E-state index contributed by atoms with van der Waals surface area (Å²) in [5.41, 5.74) is 2.28. The lowest BCUT2D eigenvalue weighted by Crippen LogP contribution is -2.21. The van der Waals surface area contributed by atoms with Crippen molar-refractivity contribution in [2.24, 2.45) is 7.05 Å². The number of nitrogens with zero attached hydrogens (tertiary/aromatic N) is 2. The molecule has 0 radical (unpaired) electrons. The third-order valence-corrected chi connectivity index (χ3v) is 2.93. The molecule has 1 unspecified atom stereocenters. The van der Waals surface area contributed by atoms with Crippen molar-refractivity contribution in [1.82, 2.24) is 15.1 Å². The molecule has 0 saturated carbocycles. The highest BCUT2D eigenvalue weighted by molar-refractivity contribution is 5.23. The van der Waals surface area contributed by atoms with Crippen molar-refractivity contribution in [2.75, 3.05) is 13.7 Å². The van der Waals surface area contributed by atoms with Crippen LogP contribution < -0.4 is 5.32 Å². The third-order valence-electron chi connectivity index (χ3n) is 2.93. The predicted molar refractivity (Wildman–Crippen MR) is 63.0 cm³/mol. The molecule has 0 bridgehead atoms. The van der Waals surface area contributed by atoms with E-state index in [0.717, 1.165) is 36.6 Å². The van der Waals surface area contributed by atoms with E-state index in [9.17, 15) is 0 Å². The number of hydrogen-bond donors (Lipinski definition) is 1. The van der Waals surface area contributed by atoms with Crippen molar-refractivity contribution in [3.05, 3.63) is 29.3 Å². The molecular formula is C12H19N3O. The molecule has 0 amide bonds. The molecule has 16 heavy (non-hydrogen) atoms. The Balaban J connectivity index is 2.28. The summed E-state index contributed by atoms with van der Waals surface area (Å²) in [6.45, 7) is 2.91. The van der Waals surface area contributed by atoms with E-state index in [1.807, 2.05) is 18.8 Å². The molecule has 1 atom stereocenters. The molecule has 4 heteroatoms. The van der Waals surface area contributed by atoms with Crippen molar-refractivity contribution >= 4 is 0 Å². The fourth-order valence-corrected chi connectivity index (χ4v) is 2.06. The fraction of sp³-hybridized carbons (Fsp3) is 0.583. The Labute approximate surface area is 96.3 Å². The summed E-state index contributed by atoms with van der Waals surface area (Å²) in [4.78, 5) is 0. The second-order valence-corrected chi connectivity index (χ2v) is 4.00. The Kier molecular flexibility index (Phi) is 3.29. The van der Waals surface area contributed by atoms with Crippen LogP contribution in [0, 0.1) is 0 Å². The van der Waals surface area contributed by atoms with E-state index >= 15 is 0 Å². The van der Waals surface area contributed by atoms with Gasteiger partial charge in [0, 0.05) is 13.5 Å². The van der Waals surface area contributed by atoms with E-state index in [2.05, 4.69) is 29.5 Å². The second-order valence-electron chi connectivity index (χ2n) is 4.00. The van der Waals surface area contributed by atoms with Crippen molar-refractivity contribution < 1.29 is 4.74 Å². The van der Waals surface area contributed by atoms with Crippen LogP contribution in [0.25, 0.3) is 0 Å². The highest BCUT2D eigenvalue weighted by atomic mass is 16.5. The van der Waals surface area contributed by atoms with Crippen LogP contribution in [0.5, 0.6) is 0 Å². The van der Waals surface area contributed by atoms with Gasteiger partial charge in [-0.2, -0.15) is 5.10 Å². The highest BCUT2D eigenvalue weighted by Gasteiger charge is 2.22. The Morgan fingerprint density at radius 2 is 2.44 bits per heavy atom. The maximum absolute atomic E-state index is 5.62. The van der Waals surface area contributed by atoms with Gasteiger partial charge in [0.1, 0.15) is 11.8 Å². The van der Waals surface area contributed by atoms with Gasteiger partial charge >= 0.3 is 0 Å². The summed E-state index contributed by atoms with van der Waals surface area (Å²) in [5, 5.41) is 7.75. The zero-order valence-electron chi connectivity index (χ0n) is 10.2. The molecule has 1 aliphatic rings. The van der Waals surface area contributed by atoms with Crippen LogP contribution in [-0.2, 0) is 18.2 Å². The molecule has 4 nitrogen and oxygen atoms in total. The monoisotopic (exact) mass is 221 g/mol. The zero-order valence-corrected chi connectivity index (χ0v) is 10.2. The molecule has 0 aromatic carbocycles. The van der Waals surface area contributed by atoms with Gasteiger partial charge in [0.25, 0.3) is 0 Å². The highest BCUT2D eigenvalue weighted by Crippen LogP contribution is 2.26. The molecule has 2 rings (SSSR count). The van der Waals surface area contributed by atoms with Crippen LogP contribution in [0.3, 0.4) is 0 Å². The summed E-state index contributed by atoms with van der Waals surface area (Å²) in [6.07, 6.45) is 4.12. The molecule has 0 aliphatic carbocycles. The maximum atomic E-state index is 5.62. The maximum Gasteiger partial charge on any atom is 0.115 e. The quantitative estimate of drug-likeness (QED) is 0.838. The van der Waals surface area contributed by atoms with Gasteiger partial charge in [0.2, 0.25) is 0 Å². The van der Waals surface area contributed by atoms with E-state index in [-0.39, 0.29) is 6.04 Å². The molecule has 2 heterocycles. The van der Waals surface area contributed by atoms with Crippen molar-refractivity contribution in [1.29, 1.82) is 0 Å². The Morgan fingerprint density at radius 3 is 2.94 bits per heavy atom. The van der Waals surface area contributed by atoms with Crippen LogP contribution >= 0.6 is 0 Å².